The number of hydrogen-bond acceptors (Lipinski definition) is 4. The second kappa shape index (κ2) is 6.12. The number of aryl methyl sites for hydroxylation is 1. The number of rotatable bonds is 4. The Kier molecular flexibility index (Phi) is 4.02. The molecule has 0 unspecified atom stereocenters. The summed E-state index contributed by atoms with van der Waals surface area (Å²) in [5.74, 6) is 1.12. The number of ether oxygens (including phenoxy) is 1. The average molecular weight is 294 g/mol. The summed E-state index contributed by atoms with van der Waals surface area (Å²) in [6, 6.07) is 16.5. The van der Waals surface area contributed by atoms with E-state index in [9.17, 15) is 0 Å². The largest absolute Gasteiger partial charge is 0.421 e. The van der Waals surface area contributed by atoms with E-state index in [0.29, 0.717) is 11.8 Å². The lowest BCUT2D eigenvalue weighted by atomic mass is 10.0. The zero-order valence-electron chi connectivity index (χ0n) is 12.9. The Bertz CT molecular complexity index is 746. The first-order chi connectivity index (χ1) is 10.7. The molecule has 0 aliphatic carbocycles. The minimum absolute atomic E-state index is 0.109. The van der Waals surface area contributed by atoms with E-state index in [-0.39, 0.29) is 6.10 Å². The van der Waals surface area contributed by atoms with E-state index in [1.807, 2.05) is 19.1 Å². The van der Waals surface area contributed by atoms with Gasteiger partial charge in [-0.2, -0.15) is 0 Å². The molecule has 0 aliphatic rings. The van der Waals surface area contributed by atoms with Gasteiger partial charge in [0.25, 0.3) is 0 Å². The Labute approximate surface area is 129 Å². The van der Waals surface area contributed by atoms with Crippen molar-refractivity contribution >= 4 is 0 Å². The second-order valence-corrected chi connectivity index (χ2v) is 5.20. The first kappa shape index (κ1) is 14.5. The predicted octanol–water partition coefficient (Wildman–Crippen LogP) is 4.42. The van der Waals surface area contributed by atoms with E-state index in [2.05, 4.69) is 46.6 Å². The lowest BCUT2D eigenvalue weighted by molar-refractivity contribution is 0.119. The number of nitrogens with zero attached hydrogens (tertiary/aromatic N) is 2. The number of benzene rings is 2. The highest BCUT2D eigenvalue weighted by Crippen LogP contribution is 2.26. The van der Waals surface area contributed by atoms with Gasteiger partial charge in [-0.25, -0.2) is 0 Å². The van der Waals surface area contributed by atoms with Crippen LogP contribution in [0.15, 0.2) is 52.9 Å². The first-order valence-electron chi connectivity index (χ1n) is 7.21. The third-order valence-corrected chi connectivity index (χ3v) is 3.72. The van der Waals surface area contributed by atoms with E-state index >= 15 is 0 Å². The van der Waals surface area contributed by atoms with Gasteiger partial charge in [-0.3, -0.25) is 0 Å². The van der Waals surface area contributed by atoms with E-state index < -0.39 is 0 Å². The molecule has 0 amide bonds. The molecule has 0 N–H and O–H groups in total. The van der Waals surface area contributed by atoms with Crippen molar-refractivity contribution < 1.29 is 9.15 Å². The minimum atomic E-state index is 0.109. The molecule has 4 heteroatoms. The fourth-order valence-electron chi connectivity index (χ4n) is 2.30. The maximum atomic E-state index is 5.43. The first-order valence-corrected chi connectivity index (χ1v) is 7.21. The highest BCUT2D eigenvalue weighted by Gasteiger charge is 2.07. The molecule has 1 aromatic heterocycles. The monoisotopic (exact) mass is 294 g/mol. The number of aromatic nitrogens is 2. The molecular formula is C18H18N2O2. The van der Waals surface area contributed by atoms with Crippen molar-refractivity contribution in [3.05, 3.63) is 60.0 Å². The van der Waals surface area contributed by atoms with Crippen molar-refractivity contribution in [1.29, 1.82) is 0 Å². The lowest BCUT2D eigenvalue weighted by Crippen LogP contribution is -1.94. The van der Waals surface area contributed by atoms with Gasteiger partial charge in [0.2, 0.25) is 11.8 Å². The van der Waals surface area contributed by atoms with Crippen LogP contribution >= 0.6 is 0 Å². The third kappa shape index (κ3) is 2.92. The van der Waals surface area contributed by atoms with Crippen LogP contribution in [-0.2, 0) is 4.74 Å². The van der Waals surface area contributed by atoms with Crippen molar-refractivity contribution in [1.82, 2.24) is 10.2 Å². The molecule has 0 spiro atoms. The van der Waals surface area contributed by atoms with Crippen molar-refractivity contribution in [3.63, 3.8) is 0 Å². The summed E-state index contributed by atoms with van der Waals surface area (Å²) in [7, 11) is 1.72. The molecule has 4 nitrogen and oxygen atoms in total. The Morgan fingerprint density at radius 2 is 1.41 bits per heavy atom. The standard InChI is InChI=1S/C18H18N2O2/c1-12(21-3)14-4-6-15(7-5-14)16-8-10-17(11-9-16)18-20-19-13(2)22-18/h4-12H,1-3H3/t12-/m1/s1. The molecule has 1 heterocycles. The van der Waals surface area contributed by atoms with Crippen LogP contribution in [0.5, 0.6) is 0 Å². The highest BCUT2D eigenvalue weighted by molar-refractivity contribution is 5.67. The number of methoxy groups -OCH3 is 1. The van der Waals surface area contributed by atoms with E-state index in [0.717, 1.165) is 11.1 Å². The van der Waals surface area contributed by atoms with Gasteiger partial charge in [0.1, 0.15) is 0 Å². The molecule has 2 aromatic carbocycles. The van der Waals surface area contributed by atoms with Crippen LogP contribution in [0.3, 0.4) is 0 Å². The van der Waals surface area contributed by atoms with Crippen LogP contribution in [0.1, 0.15) is 24.5 Å². The van der Waals surface area contributed by atoms with Gasteiger partial charge < -0.3 is 9.15 Å². The molecule has 0 saturated heterocycles. The van der Waals surface area contributed by atoms with Gasteiger partial charge >= 0.3 is 0 Å². The SMILES string of the molecule is CO[C@H](C)c1ccc(-c2ccc(-c3nnc(C)o3)cc2)cc1. The van der Waals surface area contributed by atoms with Gasteiger partial charge in [-0.1, -0.05) is 36.4 Å². The molecule has 3 aromatic rings. The summed E-state index contributed by atoms with van der Waals surface area (Å²) < 4.78 is 10.8. The maximum absolute atomic E-state index is 5.43. The minimum Gasteiger partial charge on any atom is -0.421 e. The topological polar surface area (TPSA) is 48.2 Å². The van der Waals surface area contributed by atoms with E-state index in [4.69, 9.17) is 9.15 Å². The Morgan fingerprint density at radius 3 is 1.91 bits per heavy atom. The summed E-state index contributed by atoms with van der Waals surface area (Å²) in [4.78, 5) is 0. The summed E-state index contributed by atoms with van der Waals surface area (Å²) in [5, 5.41) is 7.88. The lowest BCUT2D eigenvalue weighted by Gasteiger charge is -2.10. The summed E-state index contributed by atoms with van der Waals surface area (Å²) in [5.41, 5.74) is 4.41. The van der Waals surface area contributed by atoms with Gasteiger partial charge in [0.05, 0.1) is 6.10 Å². The summed E-state index contributed by atoms with van der Waals surface area (Å²) in [6.45, 7) is 3.82. The van der Waals surface area contributed by atoms with Crippen LogP contribution in [0, 0.1) is 6.92 Å². The normalized spacial score (nSPS) is 12.3. The van der Waals surface area contributed by atoms with E-state index in [1.165, 1.54) is 11.1 Å². The molecule has 0 saturated carbocycles. The smallest absolute Gasteiger partial charge is 0.247 e. The van der Waals surface area contributed by atoms with Crippen LogP contribution < -0.4 is 0 Å². The third-order valence-electron chi connectivity index (χ3n) is 3.72. The Hall–Kier alpha value is -2.46. The van der Waals surface area contributed by atoms with Crippen LogP contribution in [-0.4, -0.2) is 17.3 Å². The zero-order chi connectivity index (χ0) is 15.5. The highest BCUT2D eigenvalue weighted by atomic mass is 16.5. The summed E-state index contributed by atoms with van der Waals surface area (Å²) in [6.07, 6.45) is 0.109. The Morgan fingerprint density at radius 1 is 0.864 bits per heavy atom. The van der Waals surface area contributed by atoms with Gasteiger partial charge in [-0.05, 0) is 35.7 Å². The molecule has 0 bridgehead atoms. The molecular weight excluding hydrogens is 276 g/mol. The fraction of sp³-hybridized carbons (Fsp3) is 0.222. The molecule has 3 rings (SSSR count). The molecule has 112 valence electrons. The molecule has 1 atom stereocenters. The fourth-order valence-corrected chi connectivity index (χ4v) is 2.30. The molecule has 22 heavy (non-hydrogen) atoms. The van der Waals surface area contributed by atoms with Gasteiger partial charge in [0, 0.05) is 19.6 Å². The molecule has 0 radical (unpaired) electrons. The van der Waals surface area contributed by atoms with Crippen molar-refractivity contribution in [2.75, 3.05) is 7.11 Å². The predicted molar refractivity (Wildman–Crippen MR) is 85.3 cm³/mol. The zero-order valence-corrected chi connectivity index (χ0v) is 12.9. The van der Waals surface area contributed by atoms with Crippen LogP contribution in [0.4, 0.5) is 0 Å². The number of hydrogen-bond donors (Lipinski definition) is 0. The van der Waals surface area contributed by atoms with Crippen molar-refractivity contribution in [2.24, 2.45) is 0 Å². The second-order valence-electron chi connectivity index (χ2n) is 5.20. The van der Waals surface area contributed by atoms with Crippen LogP contribution in [0.2, 0.25) is 0 Å². The average Bonchev–Trinajstić information content (AvgIpc) is 3.01. The van der Waals surface area contributed by atoms with Gasteiger partial charge in [-0.15, -0.1) is 10.2 Å². The van der Waals surface area contributed by atoms with Crippen molar-refractivity contribution in [3.8, 4) is 22.6 Å². The molecule has 0 fully saturated rings. The maximum Gasteiger partial charge on any atom is 0.247 e. The summed E-state index contributed by atoms with van der Waals surface area (Å²) >= 11 is 0. The quantitative estimate of drug-likeness (QED) is 0.714. The van der Waals surface area contributed by atoms with Crippen LogP contribution in [0.25, 0.3) is 22.6 Å². The van der Waals surface area contributed by atoms with Gasteiger partial charge in [0.15, 0.2) is 0 Å². The van der Waals surface area contributed by atoms with Crippen molar-refractivity contribution in [2.45, 2.75) is 20.0 Å². The van der Waals surface area contributed by atoms with E-state index in [1.54, 1.807) is 14.0 Å². The molecule has 0 aliphatic heterocycles. The Balaban J connectivity index is 1.83.